The van der Waals surface area contributed by atoms with Gasteiger partial charge in [0.15, 0.2) is 9.84 Å². The second-order valence-electron chi connectivity index (χ2n) is 4.74. The molecule has 1 aromatic carbocycles. The van der Waals surface area contributed by atoms with E-state index in [0.717, 1.165) is 17.9 Å². The van der Waals surface area contributed by atoms with Crippen molar-refractivity contribution >= 4 is 31.6 Å². The fraction of sp³-hybridized carbons (Fsp3) is 0.538. The zero-order valence-electron chi connectivity index (χ0n) is 11.9. The van der Waals surface area contributed by atoms with Gasteiger partial charge >= 0.3 is 0 Å². The first-order valence-electron chi connectivity index (χ1n) is 6.78. The molecule has 0 aromatic heterocycles. The van der Waals surface area contributed by atoms with Gasteiger partial charge in [0.05, 0.1) is 15.5 Å². The van der Waals surface area contributed by atoms with Crippen LogP contribution in [0, 0.1) is 0 Å². The van der Waals surface area contributed by atoms with Gasteiger partial charge < -0.3 is 0 Å². The highest BCUT2D eigenvalue weighted by molar-refractivity contribution is 7.99. The summed E-state index contributed by atoms with van der Waals surface area (Å²) in [7, 11) is -6.83. The Morgan fingerprint density at radius 3 is 2.24 bits per heavy atom. The molecule has 0 N–H and O–H groups in total. The van der Waals surface area contributed by atoms with Gasteiger partial charge in [0.1, 0.15) is 0 Å². The van der Waals surface area contributed by atoms with E-state index < -0.39 is 19.9 Å². The fourth-order valence-electron chi connectivity index (χ4n) is 2.10. The van der Waals surface area contributed by atoms with E-state index in [9.17, 15) is 16.8 Å². The molecule has 0 spiro atoms. The second kappa shape index (κ2) is 6.68. The molecule has 0 amide bonds. The van der Waals surface area contributed by atoms with Gasteiger partial charge in [-0.1, -0.05) is 6.92 Å². The Balaban J connectivity index is 2.28. The summed E-state index contributed by atoms with van der Waals surface area (Å²) >= 11 is 1.75. The van der Waals surface area contributed by atoms with Crippen LogP contribution in [0.4, 0.5) is 0 Å². The summed E-state index contributed by atoms with van der Waals surface area (Å²) in [6.45, 7) is 2.58. The standard InChI is InChI=1S/C13H19NO4S3/c1-2-20(15,16)12-4-6-13(7-5-12)21(17,18)14-8-3-10-19-11-9-14/h4-7H,2-3,8-11H2,1H3. The van der Waals surface area contributed by atoms with Crippen molar-refractivity contribution in [2.24, 2.45) is 0 Å². The number of hydrogen-bond donors (Lipinski definition) is 0. The molecule has 118 valence electrons. The van der Waals surface area contributed by atoms with Gasteiger partial charge in [-0.2, -0.15) is 16.1 Å². The van der Waals surface area contributed by atoms with Gasteiger partial charge in [0, 0.05) is 18.8 Å². The summed E-state index contributed by atoms with van der Waals surface area (Å²) in [6.07, 6.45) is 0.839. The summed E-state index contributed by atoms with van der Waals surface area (Å²) < 4.78 is 50.1. The van der Waals surface area contributed by atoms with Crippen molar-refractivity contribution in [1.82, 2.24) is 4.31 Å². The molecule has 1 saturated heterocycles. The lowest BCUT2D eigenvalue weighted by molar-refractivity contribution is 0.435. The van der Waals surface area contributed by atoms with Gasteiger partial charge in [0.2, 0.25) is 10.0 Å². The van der Waals surface area contributed by atoms with Crippen LogP contribution < -0.4 is 0 Å². The topological polar surface area (TPSA) is 71.5 Å². The summed E-state index contributed by atoms with van der Waals surface area (Å²) in [5, 5.41) is 0. The maximum Gasteiger partial charge on any atom is 0.243 e. The van der Waals surface area contributed by atoms with E-state index in [1.165, 1.54) is 28.6 Å². The minimum Gasteiger partial charge on any atom is -0.224 e. The van der Waals surface area contributed by atoms with Crippen molar-refractivity contribution in [3.63, 3.8) is 0 Å². The summed E-state index contributed by atoms with van der Waals surface area (Å²) in [5.74, 6) is 1.77. The number of rotatable bonds is 4. The highest BCUT2D eigenvalue weighted by Gasteiger charge is 2.25. The maximum atomic E-state index is 12.5. The van der Waals surface area contributed by atoms with Crippen LogP contribution in [0.2, 0.25) is 0 Å². The molecule has 0 radical (unpaired) electrons. The second-order valence-corrected chi connectivity index (χ2v) is 10.2. The molecule has 5 nitrogen and oxygen atoms in total. The highest BCUT2D eigenvalue weighted by Crippen LogP contribution is 2.21. The molecule has 21 heavy (non-hydrogen) atoms. The Kier molecular flexibility index (Phi) is 5.34. The summed E-state index contributed by atoms with van der Waals surface area (Å²) in [4.78, 5) is 0.319. The summed E-state index contributed by atoms with van der Waals surface area (Å²) in [5.41, 5.74) is 0. The first kappa shape index (κ1) is 16.8. The fourth-order valence-corrected chi connectivity index (χ4v) is 5.46. The minimum atomic E-state index is -3.53. The van der Waals surface area contributed by atoms with Crippen molar-refractivity contribution in [3.8, 4) is 0 Å². The van der Waals surface area contributed by atoms with E-state index in [4.69, 9.17) is 0 Å². The van der Waals surface area contributed by atoms with E-state index in [0.29, 0.717) is 13.1 Å². The quantitative estimate of drug-likeness (QED) is 0.826. The van der Waals surface area contributed by atoms with Crippen LogP contribution in [0.1, 0.15) is 13.3 Å². The predicted molar refractivity (Wildman–Crippen MR) is 84.9 cm³/mol. The first-order valence-corrected chi connectivity index (χ1v) is 11.0. The van der Waals surface area contributed by atoms with Crippen molar-refractivity contribution in [3.05, 3.63) is 24.3 Å². The normalized spacial score (nSPS) is 18.3. The molecule has 0 atom stereocenters. The van der Waals surface area contributed by atoms with Crippen LogP contribution in [0.5, 0.6) is 0 Å². The molecule has 8 heteroatoms. The average molecular weight is 349 g/mol. The Hall–Kier alpha value is -0.570. The molecule has 2 rings (SSSR count). The number of sulfone groups is 1. The van der Waals surface area contributed by atoms with Gasteiger partial charge in [0.25, 0.3) is 0 Å². The van der Waals surface area contributed by atoms with Crippen molar-refractivity contribution in [2.75, 3.05) is 30.3 Å². The monoisotopic (exact) mass is 349 g/mol. The highest BCUT2D eigenvalue weighted by atomic mass is 32.2. The van der Waals surface area contributed by atoms with E-state index in [1.807, 2.05) is 0 Å². The zero-order valence-corrected chi connectivity index (χ0v) is 14.3. The Labute approximate surface area is 130 Å². The third-order valence-corrected chi connectivity index (χ3v) is 8.09. The lowest BCUT2D eigenvalue weighted by Gasteiger charge is -2.19. The molecular formula is C13H19NO4S3. The predicted octanol–water partition coefficient (Wildman–Crippen LogP) is 1.61. The van der Waals surface area contributed by atoms with E-state index >= 15 is 0 Å². The SMILES string of the molecule is CCS(=O)(=O)c1ccc(S(=O)(=O)N2CCCSCC2)cc1. The van der Waals surface area contributed by atoms with Crippen LogP contribution in [-0.4, -0.2) is 51.5 Å². The van der Waals surface area contributed by atoms with Crippen LogP contribution in [0.25, 0.3) is 0 Å². The Morgan fingerprint density at radius 2 is 1.62 bits per heavy atom. The Bertz CT molecular complexity index is 673. The third kappa shape index (κ3) is 3.80. The summed E-state index contributed by atoms with van der Waals surface area (Å²) in [6, 6.07) is 5.52. The van der Waals surface area contributed by atoms with Crippen LogP contribution in [0.15, 0.2) is 34.1 Å². The number of hydrogen-bond acceptors (Lipinski definition) is 5. The van der Waals surface area contributed by atoms with E-state index in [1.54, 1.807) is 18.7 Å². The molecule has 0 saturated carbocycles. The van der Waals surface area contributed by atoms with Crippen LogP contribution in [0.3, 0.4) is 0 Å². The lowest BCUT2D eigenvalue weighted by Crippen LogP contribution is -2.33. The molecule has 1 heterocycles. The molecular weight excluding hydrogens is 330 g/mol. The smallest absolute Gasteiger partial charge is 0.224 e. The lowest BCUT2D eigenvalue weighted by atomic mass is 10.4. The molecule has 1 aromatic rings. The van der Waals surface area contributed by atoms with Gasteiger partial charge in [-0.05, 0) is 36.4 Å². The van der Waals surface area contributed by atoms with Crippen molar-refractivity contribution < 1.29 is 16.8 Å². The van der Waals surface area contributed by atoms with Gasteiger partial charge in [-0.3, -0.25) is 0 Å². The maximum absolute atomic E-state index is 12.5. The van der Waals surface area contributed by atoms with Gasteiger partial charge in [-0.15, -0.1) is 0 Å². The molecule has 0 unspecified atom stereocenters. The van der Waals surface area contributed by atoms with Gasteiger partial charge in [-0.25, -0.2) is 16.8 Å². The average Bonchev–Trinajstić information content (AvgIpc) is 2.77. The number of sulfonamides is 1. The molecule has 0 bridgehead atoms. The largest absolute Gasteiger partial charge is 0.243 e. The van der Waals surface area contributed by atoms with Crippen LogP contribution >= 0.6 is 11.8 Å². The van der Waals surface area contributed by atoms with Crippen molar-refractivity contribution in [2.45, 2.75) is 23.1 Å². The molecule has 1 fully saturated rings. The number of benzene rings is 1. The van der Waals surface area contributed by atoms with Crippen LogP contribution in [-0.2, 0) is 19.9 Å². The Morgan fingerprint density at radius 1 is 1.00 bits per heavy atom. The number of nitrogens with zero attached hydrogens (tertiary/aromatic N) is 1. The van der Waals surface area contributed by atoms with Crippen molar-refractivity contribution in [1.29, 1.82) is 0 Å². The molecule has 0 aliphatic carbocycles. The zero-order chi connectivity index (χ0) is 15.5. The first-order chi connectivity index (χ1) is 9.88. The number of thioether (sulfide) groups is 1. The van der Waals surface area contributed by atoms with E-state index in [2.05, 4.69) is 0 Å². The minimum absolute atomic E-state index is 0.00243. The molecule has 1 aliphatic heterocycles. The molecule has 1 aliphatic rings. The van der Waals surface area contributed by atoms with E-state index in [-0.39, 0.29) is 15.5 Å². The third-order valence-electron chi connectivity index (χ3n) is 3.38.